The molecule has 106 valence electrons. The third-order valence-corrected chi connectivity index (χ3v) is 3.07. The minimum Gasteiger partial charge on any atom is -0.480 e. The molecule has 0 saturated heterocycles. The van der Waals surface area contributed by atoms with E-state index in [0.717, 1.165) is 0 Å². The van der Waals surface area contributed by atoms with E-state index in [4.69, 9.17) is 21.1 Å². The molecule has 0 radical (unpaired) electrons. The van der Waals surface area contributed by atoms with E-state index in [1.807, 2.05) is 19.1 Å². The second-order valence-corrected chi connectivity index (χ2v) is 4.59. The standard InChI is InChI=1S/C13H14ClN3O3/c1-2-17(8-12(18)19)7-11-15-16-13(20-11)9-5-3-4-6-10(9)14/h3-6H,2,7-8H2,1H3,(H,18,19). The number of hydrogen-bond acceptors (Lipinski definition) is 5. The number of hydrogen-bond donors (Lipinski definition) is 1. The van der Waals surface area contributed by atoms with Crippen molar-refractivity contribution in [1.29, 1.82) is 0 Å². The lowest BCUT2D eigenvalue weighted by molar-refractivity contribution is -0.138. The summed E-state index contributed by atoms with van der Waals surface area (Å²) in [6.45, 7) is 2.67. The topological polar surface area (TPSA) is 79.5 Å². The number of rotatable bonds is 6. The van der Waals surface area contributed by atoms with Gasteiger partial charge in [-0.25, -0.2) is 0 Å². The maximum Gasteiger partial charge on any atom is 0.317 e. The summed E-state index contributed by atoms with van der Waals surface area (Å²) in [6.07, 6.45) is 0. The van der Waals surface area contributed by atoms with Crippen LogP contribution in [0.15, 0.2) is 28.7 Å². The van der Waals surface area contributed by atoms with E-state index >= 15 is 0 Å². The normalized spacial score (nSPS) is 10.9. The molecule has 0 spiro atoms. The Bertz CT molecular complexity index is 600. The lowest BCUT2D eigenvalue weighted by Gasteiger charge is -2.14. The van der Waals surface area contributed by atoms with Gasteiger partial charge >= 0.3 is 5.97 Å². The third kappa shape index (κ3) is 3.55. The van der Waals surface area contributed by atoms with E-state index in [-0.39, 0.29) is 6.54 Å². The summed E-state index contributed by atoms with van der Waals surface area (Å²) in [6, 6.07) is 7.17. The van der Waals surface area contributed by atoms with Crippen LogP contribution in [0, 0.1) is 0 Å². The highest BCUT2D eigenvalue weighted by Gasteiger charge is 2.15. The average Bonchev–Trinajstić information content (AvgIpc) is 2.86. The summed E-state index contributed by atoms with van der Waals surface area (Å²) in [5.41, 5.74) is 0.661. The van der Waals surface area contributed by atoms with Crippen molar-refractivity contribution in [2.45, 2.75) is 13.5 Å². The summed E-state index contributed by atoms with van der Waals surface area (Å²) in [4.78, 5) is 12.4. The van der Waals surface area contributed by atoms with Crippen molar-refractivity contribution in [2.75, 3.05) is 13.1 Å². The molecule has 0 unspecified atom stereocenters. The number of carbonyl (C=O) groups is 1. The predicted octanol–water partition coefficient (Wildman–Crippen LogP) is 2.30. The van der Waals surface area contributed by atoms with Gasteiger partial charge in [-0.15, -0.1) is 10.2 Å². The molecule has 1 N–H and O–H groups in total. The Labute approximate surface area is 121 Å². The van der Waals surface area contributed by atoms with Crippen molar-refractivity contribution in [3.05, 3.63) is 35.2 Å². The van der Waals surface area contributed by atoms with Gasteiger partial charge < -0.3 is 9.52 Å². The van der Waals surface area contributed by atoms with Crippen LogP contribution in [0.3, 0.4) is 0 Å². The monoisotopic (exact) mass is 295 g/mol. The zero-order chi connectivity index (χ0) is 14.5. The summed E-state index contributed by atoms with van der Waals surface area (Å²) < 4.78 is 5.52. The van der Waals surface area contributed by atoms with Crippen LogP contribution in [0.2, 0.25) is 5.02 Å². The van der Waals surface area contributed by atoms with Crippen LogP contribution in [0.4, 0.5) is 0 Å². The molecule has 0 amide bonds. The zero-order valence-electron chi connectivity index (χ0n) is 10.9. The SMILES string of the molecule is CCN(CC(=O)O)Cc1nnc(-c2ccccc2Cl)o1. The quantitative estimate of drug-likeness (QED) is 0.881. The van der Waals surface area contributed by atoms with Gasteiger partial charge in [-0.2, -0.15) is 0 Å². The lowest BCUT2D eigenvalue weighted by atomic mass is 10.2. The van der Waals surface area contributed by atoms with E-state index in [9.17, 15) is 4.79 Å². The molecule has 0 aliphatic heterocycles. The molecular weight excluding hydrogens is 282 g/mol. The van der Waals surface area contributed by atoms with Gasteiger partial charge in [-0.05, 0) is 18.7 Å². The van der Waals surface area contributed by atoms with Gasteiger partial charge in [0.25, 0.3) is 0 Å². The molecule has 7 heteroatoms. The highest BCUT2D eigenvalue weighted by atomic mass is 35.5. The number of carboxylic acid groups (broad SMARTS) is 1. The van der Waals surface area contributed by atoms with Crippen LogP contribution < -0.4 is 0 Å². The number of benzene rings is 1. The first-order valence-electron chi connectivity index (χ1n) is 6.11. The van der Waals surface area contributed by atoms with Crippen LogP contribution in [0.5, 0.6) is 0 Å². The Kier molecular flexibility index (Phi) is 4.70. The molecule has 0 atom stereocenters. The lowest BCUT2D eigenvalue weighted by Crippen LogP contribution is -2.29. The van der Waals surface area contributed by atoms with Crippen molar-refractivity contribution in [3.63, 3.8) is 0 Å². The van der Waals surface area contributed by atoms with Crippen LogP contribution in [0.1, 0.15) is 12.8 Å². The van der Waals surface area contributed by atoms with Gasteiger partial charge in [0.1, 0.15) is 0 Å². The van der Waals surface area contributed by atoms with Gasteiger partial charge in [-0.1, -0.05) is 30.7 Å². The van der Waals surface area contributed by atoms with E-state index in [2.05, 4.69) is 10.2 Å². The maximum absolute atomic E-state index is 10.7. The van der Waals surface area contributed by atoms with Crippen LogP contribution in [0.25, 0.3) is 11.5 Å². The fraction of sp³-hybridized carbons (Fsp3) is 0.308. The van der Waals surface area contributed by atoms with E-state index in [0.29, 0.717) is 35.5 Å². The van der Waals surface area contributed by atoms with Gasteiger partial charge in [0.05, 0.1) is 23.7 Å². The summed E-state index contributed by atoms with van der Waals surface area (Å²) in [5, 5.41) is 17.2. The molecule has 0 aliphatic rings. The largest absolute Gasteiger partial charge is 0.480 e. The highest BCUT2D eigenvalue weighted by molar-refractivity contribution is 6.33. The minimum absolute atomic E-state index is 0.0691. The first kappa shape index (κ1) is 14.5. The van der Waals surface area contributed by atoms with Crippen LogP contribution in [-0.2, 0) is 11.3 Å². The number of carboxylic acids is 1. The number of aliphatic carboxylic acids is 1. The van der Waals surface area contributed by atoms with E-state index in [1.165, 1.54) is 0 Å². The number of nitrogens with zero attached hydrogens (tertiary/aromatic N) is 3. The molecular formula is C13H14ClN3O3. The highest BCUT2D eigenvalue weighted by Crippen LogP contribution is 2.26. The molecule has 1 heterocycles. The summed E-state index contributed by atoms with van der Waals surface area (Å²) >= 11 is 6.05. The van der Waals surface area contributed by atoms with Gasteiger partial charge in [0.15, 0.2) is 0 Å². The van der Waals surface area contributed by atoms with Crippen molar-refractivity contribution >= 4 is 17.6 Å². The van der Waals surface area contributed by atoms with Crippen molar-refractivity contribution < 1.29 is 14.3 Å². The molecule has 20 heavy (non-hydrogen) atoms. The second kappa shape index (κ2) is 6.49. The van der Waals surface area contributed by atoms with E-state index < -0.39 is 5.97 Å². The summed E-state index contributed by atoms with van der Waals surface area (Å²) in [5.74, 6) is -0.197. The predicted molar refractivity (Wildman–Crippen MR) is 73.3 cm³/mol. The number of halogens is 1. The molecule has 6 nitrogen and oxygen atoms in total. The first-order chi connectivity index (χ1) is 9.60. The molecule has 2 aromatic rings. The number of likely N-dealkylation sites (N-methyl/N-ethyl adjacent to an activating group) is 1. The smallest absolute Gasteiger partial charge is 0.317 e. The Morgan fingerprint density at radius 3 is 2.80 bits per heavy atom. The molecule has 0 aliphatic carbocycles. The molecule has 0 bridgehead atoms. The molecule has 2 rings (SSSR count). The maximum atomic E-state index is 10.7. The number of aromatic nitrogens is 2. The van der Waals surface area contributed by atoms with Crippen LogP contribution in [-0.4, -0.2) is 39.3 Å². The van der Waals surface area contributed by atoms with Gasteiger partial charge in [-0.3, -0.25) is 9.69 Å². The average molecular weight is 296 g/mol. The molecule has 1 aromatic heterocycles. The van der Waals surface area contributed by atoms with E-state index in [1.54, 1.807) is 17.0 Å². The van der Waals surface area contributed by atoms with Crippen molar-refractivity contribution in [2.24, 2.45) is 0 Å². The molecule has 0 saturated carbocycles. The molecule has 1 aromatic carbocycles. The molecule has 0 fully saturated rings. The fourth-order valence-corrected chi connectivity index (χ4v) is 1.94. The Morgan fingerprint density at radius 2 is 2.15 bits per heavy atom. The Balaban J connectivity index is 2.13. The second-order valence-electron chi connectivity index (χ2n) is 4.18. The Morgan fingerprint density at radius 1 is 1.40 bits per heavy atom. The van der Waals surface area contributed by atoms with Gasteiger partial charge in [0.2, 0.25) is 11.8 Å². The van der Waals surface area contributed by atoms with Crippen LogP contribution >= 0.6 is 11.6 Å². The Hall–Kier alpha value is -1.92. The van der Waals surface area contributed by atoms with Crippen molar-refractivity contribution in [1.82, 2.24) is 15.1 Å². The third-order valence-electron chi connectivity index (χ3n) is 2.74. The van der Waals surface area contributed by atoms with Gasteiger partial charge in [0, 0.05) is 0 Å². The minimum atomic E-state index is -0.891. The fourth-order valence-electron chi connectivity index (χ4n) is 1.72. The summed E-state index contributed by atoms with van der Waals surface area (Å²) in [7, 11) is 0. The zero-order valence-corrected chi connectivity index (χ0v) is 11.7. The van der Waals surface area contributed by atoms with Crippen molar-refractivity contribution in [3.8, 4) is 11.5 Å². The first-order valence-corrected chi connectivity index (χ1v) is 6.49.